The number of carbonyl (C=O) groups excluding carboxylic acids is 1. The fourth-order valence-electron chi connectivity index (χ4n) is 1.59. The first-order valence-corrected chi connectivity index (χ1v) is 8.27. The maximum absolute atomic E-state index is 11.7. The molecule has 0 saturated heterocycles. The average molecular weight is 201 g/mol. The van der Waals surface area contributed by atoms with E-state index in [0.717, 1.165) is 25.7 Å². The van der Waals surface area contributed by atoms with Gasteiger partial charge in [0.2, 0.25) is 8.32 Å². The van der Waals surface area contributed by atoms with Gasteiger partial charge in [0.25, 0.3) is 0 Å². The van der Waals surface area contributed by atoms with Crippen LogP contribution in [-0.4, -0.2) is 19.8 Å². The van der Waals surface area contributed by atoms with Crippen molar-refractivity contribution in [1.82, 2.24) is 0 Å². The standard InChI is InChI=1S/C9H19NO2Si/c1-13(2,3)12-8(11)9(10)6-4-5-7-9/h4-7,10H2,1-3H3. The summed E-state index contributed by atoms with van der Waals surface area (Å²) >= 11 is 0. The van der Waals surface area contributed by atoms with Gasteiger partial charge in [-0.15, -0.1) is 0 Å². The number of hydrogen-bond acceptors (Lipinski definition) is 3. The highest BCUT2D eigenvalue weighted by Crippen LogP contribution is 2.29. The third-order valence-electron chi connectivity index (χ3n) is 2.30. The minimum absolute atomic E-state index is 0.177. The summed E-state index contributed by atoms with van der Waals surface area (Å²) in [4.78, 5) is 11.7. The second-order valence-electron chi connectivity index (χ2n) is 4.87. The van der Waals surface area contributed by atoms with Crippen LogP contribution in [0.2, 0.25) is 19.6 Å². The highest BCUT2D eigenvalue weighted by atomic mass is 28.4. The predicted octanol–water partition coefficient (Wildman–Crippen LogP) is 1.64. The second-order valence-corrected chi connectivity index (χ2v) is 9.29. The van der Waals surface area contributed by atoms with E-state index >= 15 is 0 Å². The maximum atomic E-state index is 11.7. The summed E-state index contributed by atoms with van der Waals surface area (Å²) in [7, 11) is -1.76. The zero-order chi connectivity index (χ0) is 10.1. The summed E-state index contributed by atoms with van der Waals surface area (Å²) < 4.78 is 5.40. The highest BCUT2D eigenvalue weighted by molar-refractivity contribution is 6.71. The largest absolute Gasteiger partial charge is 0.519 e. The molecule has 0 spiro atoms. The van der Waals surface area contributed by atoms with Gasteiger partial charge in [0.05, 0.1) is 0 Å². The first-order valence-electron chi connectivity index (χ1n) is 4.86. The van der Waals surface area contributed by atoms with Crippen molar-refractivity contribution >= 4 is 14.3 Å². The molecule has 0 radical (unpaired) electrons. The van der Waals surface area contributed by atoms with E-state index in [1.807, 2.05) is 19.6 Å². The molecule has 0 unspecified atom stereocenters. The molecule has 0 aliphatic heterocycles. The third-order valence-corrected chi connectivity index (χ3v) is 3.10. The molecule has 1 saturated carbocycles. The number of hydrogen-bond donors (Lipinski definition) is 1. The Morgan fingerprint density at radius 1 is 1.31 bits per heavy atom. The van der Waals surface area contributed by atoms with Gasteiger partial charge in [0.15, 0.2) is 0 Å². The van der Waals surface area contributed by atoms with E-state index in [9.17, 15) is 4.79 Å². The van der Waals surface area contributed by atoms with Crippen molar-refractivity contribution in [1.29, 1.82) is 0 Å². The molecular formula is C9H19NO2Si. The first kappa shape index (κ1) is 10.7. The van der Waals surface area contributed by atoms with Gasteiger partial charge in [-0.05, 0) is 32.5 Å². The van der Waals surface area contributed by atoms with Gasteiger partial charge in [0, 0.05) is 0 Å². The van der Waals surface area contributed by atoms with E-state index in [0.29, 0.717) is 0 Å². The predicted molar refractivity (Wildman–Crippen MR) is 54.8 cm³/mol. The van der Waals surface area contributed by atoms with Gasteiger partial charge in [-0.3, -0.25) is 4.79 Å². The van der Waals surface area contributed by atoms with Crippen molar-refractivity contribution < 1.29 is 9.22 Å². The molecule has 76 valence electrons. The quantitative estimate of drug-likeness (QED) is 0.691. The lowest BCUT2D eigenvalue weighted by Crippen LogP contribution is -2.49. The van der Waals surface area contributed by atoms with Gasteiger partial charge >= 0.3 is 5.97 Å². The van der Waals surface area contributed by atoms with Gasteiger partial charge in [-0.1, -0.05) is 12.8 Å². The smallest absolute Gasteiger partial charge is 0.312 e. The minimum atomic E-state index is -1.76. The van der Waals surface area contributed by atoms with Crippen molar-refractivity contribution in [2.24, 2.45) is 5.73 Å². The topological polar surface area (TPSA) is 52.3 Å². The summed E-state index contributed by atoms with van der Waals surface area (Å²) in [6, 6.07) is 0. The molecule has 1 rings (SSSR count). The van der Waals surface area contributed by atoms with E-state index in [1.54, 1.807) is 0 Å². The van der Waals surface area contributed by atoms with Crippen molar-refractivity contribution in [3.63, 3.8) is 0 Å². The van der Waals surface area contributed by atoms with Crippen LogP contribution in [0.25, 0.3) is 0 Å². The molecule has 13 heavy (non-hydrogen) atoms. The Morgan fingerprint density at radius 3 is 2.15 bits per heavy atom. The Bertz CT molecular complexity index is 204. The molecule has 0 amide bonds. The Morgan fingerprint density at radius 2 is 1.77 bits per heavy atom. The molecule has 0 aromatic rings. The van der Waals surface area contributed by atoms with Gasteiger partial charge in [-0.2, -0.15) is 0 Å². The lowest BCUT2D eigenvalue weighted by molar-refractivity contribution is -0.141. The maximum Gasteiger partial charge on any atom is 0.312 e. The van der Waals surface area contributed by atoms with Crippen LogP contribution in [0.5, 0.6) is 0 Å². The Labute approximate surface area is 80.8 Å². The molecule has 2 N–H and O–H groups in total. The normalized spacial score (nSPS) is 21.5. The van der Waals surface area contributed by atoms with Gasteiger partial charge in [-0.25, -0.2) is 0 Å². The number of rotatable bonds is 2. The molecule has 0 aromatic heterocycles. The lowest BCUT2D eigenvalue weighted by Gasteiger charge is -2.26. The molecular weight excluding hydrogens is 182 g/mol. The summed E-state index contributed by atoms with van der Waals surface area (Å²) in [5, 5.41) is 0. The Balaban J connectivity index is 2.57. The van der Waals surface area contributed by atoms with Crippen LogP contribution in [0.15, 0.2) is 0 Å². The molecule has 0 heterocycles. The Kier molecular flexibility index (Phi) is 2.82. The summed E-state index contributed by atoms with van der Waals surface area (Å²) in [5.74, 6) is -0.177. The van der Waals surface area contributed by atoms with E-state index < -0.39 is 13.9 Å². The van der Waals surface area contributed by atoms with Crippen molar-refractivity contribution in [2.75, 3.05) is 0 Å². The monoisotopic (exact) mass is 201 g/mol. The van der Waals surface area contributed by atoms with Crippen LogP contribution in [0, 0.1) is 0 Å². The molecule has 1 fully saturated rings. The zero-order valence-corrected chi connectivity index (χ0v) is 9.72. The lowest BCUT2D eigenvalue weighted by atomic mass is 10.0. The van der Waals surface area contributed by atoms with Crippen molar-refractivity contribution in [2.45, 2.75) is 50.9 Å². The average Bonchev–Trinajstić information content (AvgIpc) is 2.33. The second kappa shape index (κ2) is 3.42. The van der Waals surface area contributed by atoms with E-state index in [2.05, 4.69) is 0 Å². The first-order chi connectivity index (χ1) is 5.83. The molecule has 1 aliphatic carbocycles. The highest BCUT2D eigenvalue weighted by Gasteiger charge is 2.40. The van der Waals surface area contributed by atoms with Crippen molar-refractivity contribution in [3.05, 3.63) is 0 Å². The molecule has 0 aromatic carbocycles. The molecule has 1 aliphatic rings. The van der Waals surface area contributed by atoms with Crippen LogP contribution < -0.4 is 5.73 Å². The fraction of sp³-hybridized carbons (Fsp3) is 0.889. The minimum Gasteiger partial charge on any atom is -0.519 e. The summed E-state index contributed by atoms with van der Waals surface area (Å²) in [6.07, 6.45) is 3.68. The van der Waals surface area contributed by atoms with E-state index in [4.69, 9.17) is 10.2 Å². The Hall–Kier alpha value is -0.353. The van der Waals surface area contributed by atoms with Gasteiger partial charge in [0.1, 0.15) is 5.54 Å². The molecule has 0 bridgehead atoms. The molecule has 4 heteroatoms. The van der Waals surface area contributed by atoms with Crippen LogP contribution in [-0.2, 0) is 9.22 Å². The molecule has 3 nitrogen and oxygen atoms in total. The third kappa shape index (κ3) is 2.81. The van der Waals surface area contributed by atoms with E-state index in [1.165, 1.54) is 0 Å². The van der Waals surface area contributed by atoms with Crippen LogP contribution in [0.3, 0.4) is 0 Å². The molecule has 0 atom stereocenters. The SMILES string of the molecule is C[Si](C)(C)OC(=O)C1(N)CCCC1. The van der Waals surface area contributed by atoms with Crippen molar-refractivity contribution in [3.8, 4) is 0 Å². The van der Waals surface area contributed by atoms with Crippen LogP contribution in [0.1, 0.15) is 25.7 Å². The fourth-order valence-corrected chi connectivity index (χ4v) is 2.35. The van der Waals surface area contributed by atoms with Crippen LogP contribution in [0.4, 0.5) is 0 Å². The number of carbonyl (C=O) groups is 1. The van der Waals surface area contributed by atoms with Crippen LogP contribution >= 0.6 is 0 Å². The summed E-state index contributed by atoms with van der Waals surface area (Å²) in [5.41, 5.74) is 5.29. The summed E-state index contributed by atoms with van der Waals surface area (Å²) in [6.45, 7) is 6.01. The van der Waals surface area contributed by atoms with Gasteiger partial charge < -0.3 is 10.2 Å². The number of nitrogens with two attached hydrogens (primary N) is 1. The zero-order valence-electron chi connectivity index (χ0n) is 8.72. The van der Waals surface area contributed by atoms with E-state index in [-0.39, 0.29) is 5.97 Å².